The fourth-order valence-electron chi connectivity index (χ4n) is 6.89. The summed E-state index contributed by atoms with van der Waals surface area (Å²) in [6.07, 6.45) is 43.8. The van der Waals surface area contributed by atoms with Crippen LogP contribution < -0.4 is 0 Å². The number of aliphatic carboxylic acids is 1. The van der Waals surface area contributed by atoms with Crippen LogP contribution in [-0.4, -0.2) is 80.6 Å². The molecule has 0 radical (unpaired) electrons. The van der Waals surface area contributed by atoms with Gasteiger partial charge >= 0.3 is 17.9 Å². The predicted molar refractivity (Wildman–Crippen MR) is 234 cm³/mol. The third-order valence-corrected chi connectivity index (χ3v) is 10.6. The average Bonchev–Trinajstić information content (AvgIpc) is 3.15. The third-order valence-electron chi connectivity index (χ3n) is 10.6. The first kappa shape index (κ1) is 53.8. The van der Waals surface area contributed by atoms with Gasteiger partial charge in [0, 0.05) is 19.3 Å². The molecule has 0 aromatic rings. The molecule has 0 aliphatic heterocycles. The molecule has 0 rings (SSSR count). The molecule has 0 amide bonds. The summed E-state index contributed by atoms with van der Waals surface area (Å²) in [6.45, 7) is 4.69. The summed E-state index contributed by atoms with van der Waals surface area (Å²) >= 11 is 0. The molecular formula is C48H90NO7+. The van der Waals surface area contributed by atoms with Gasteiger partial charge < -0.3 is 23.8 Å². The molecule has 56 heavy (non-hydrogen) atoms. The van der Waals surface area contributed by atoms with Crippen molar-refractivity contribution >= 4 is 17.9 Å². The molecule has 0 bridgehead atoms. The molecule has 0 aromatic carbocycles. The number of esters is 2. The summed E-state index contributed by atoms with van der Waals surface area (Å²) < 4.78 is 17.2. The zero-order valence-electron chi connectivity index (χ0n) is 37.3. The van der Waals surface area contributed by atoms with Gasteiger partial charge in [-0.1, -0.05) is 160 Å². The Balaban J connectivity index is 4.18. The van der Waals surface area contributed by atoms with E-state index in [1.54, 1.807) is 0 Å². The Morgan fingerprint density at radius 1 is 0.518 bits per heavy atom. The number of unbranched alkanes of at least 4 members (excludes halogenated alkanes) is 24. The van der Waals surface area contributed by atoms with Crippen LogP contribution in [-0.2, 0) is 28.6 Å². The van der Waals surface area contributed by atoms with Crippen LogP contribution in [0.15, 0.2) is 24.3 Å². The number of rotatable bonds is 42. The highest BCUT2D eigenvalue weighted by molar-refractivity contribution is 5.72. The fourth-order valence-corrected chi connectivity index (χ4v) is 6.89. The van der Waals surface area contributed by atoms with Gasteiger partial charge in [0.05, 0.1) is 34.4 Å². The van der Waals surface area contributed by atoms with Crippen molar-refractivity contribution in [2.24, 2.45) is 0 Å². The number of ether oxygens (including phenoxy) is 3. The van der Waals surface area contributed by atoms with Gasteiger partial charge in [-0.2, -0.15) is 0 Å². The van der Waals surface area contributed by atoms with Crippen molar-refractivity contribution in [3.05, 3.63) is 24.3 Å². The Morgan fingerprint density at radius 2 is 0.911 bits per heavy atom. The summed E-state index contributed by atoms with van der Waals surface area (Å²) in [5.74, 6) is -1.48. The van der Waals surface area contributed by atoms with Crippen LogP contribution in [0.3, 0.4) is 0 Å². The SMILES string of the molecule is CCCC/C=C/CCCCCCC(=O)OC(COCCC(C(=O)O)[N+](C)(C)C)COC(=O)CCCCCCCCC/C=C/CCCCCCCCCCCCC. The van der Waals surface area contributed by atoms with Crippen LogP contribution in [0.2, 0.25) is 0 Å². The Hall–Kier alpha value is -2.19. The van der Waals surface area contributed by atoms with Crippen LogP contribution >= 0.6 is 0 Å². The van der Waals surface area contributed by atoms with Gasteiger partial charge in [0.1, 0.15) is 6.61 Å². The van der Waals surface area contributed by atoms with E-state index < -0.39 is 18.1 Å². The lowest BCUT2D eigenvalue weighted by atomic mass is 10.0. The lowest BCUT2D eigenvalue weighted by Crippen LogP contribution is -2.50. The highest BCUT2D eigenvalue weighted by atomic mass is 16.6. The molecule has 2 atom stereocenters. The Kier molecular flexibility index (Phi) is 38.1. The maximum Gasteiger partial charge on any atom is 0.362 e. The molecule has 2 unspecified atom stereocenters. The van der Waals surface area contributed by atoms with E-state index >= 15 is 0 Å². The van der Waals surface area contributed by atoms with Gasteiger partial charge in [0.15, 0.2) is 12.1 Å². The minimum absolute atomic E-state index is 0.0552. The van der Waals surface area contributed by atoms with Crippen LogP contribution in [0.5, 0.6) is 0 Å². The monoisotopic (exact) mass is 793 g/mol. The van der Waals surface area contributed by atoms with E-state index in [9.17, 15) is 19.5 Å². The molecule has 0 aromatic heterocycles. The van der Waals surface area contributed by atoms with Crippen molar-refractivity contribution in [3.8, 4) is 0 Å². The minimum Gasteiger partial charge on any atom is -0.477 e. The first-order chi connectivity index (χ1) is 27.1. The second kappa shape index (κ2) is 39.6. The van der Waals surface area contributed by atoms with E-state index in [1.165, 1.54) is 122 Å². The van der Waals surface area contributed by atoms with E-state index in [2.05, 4.69) is 38.2 Å². The van der Waals surface area contributed by atoms with E-state index in [0.717, 1.165) is 57.8 Å². The van der Waals surface area contributed by atoms with Gasteiger partial charge in [-0.25, -0.2) is 4.79 Å². The van der Waals surface area contributed by atoms with Crippen molar-refractivity contribution in [1.82, 2.24) is 0 Å². The number of allylic oxidation sites excluding steroid dienone is 4. The van der Waals surface area contributed by atoms with Crippen LogP contribution in [0, 0.1) is 0 Å². The highest BCUT2D eigenvalue weighted by Gasteiger charge is 2.31. The number of carboxylic acids is 1. The van der Waals surface area contributed by atoms with Gasteiger partial charge in [-0.05, 0) is 57.8 Å². The first-order valence-electron chi connectivity index (χ1n) is 23.4. The number of carbonyl (C=O) groups excluding carboxylic acids is 2. The quantitative estimate of drug-likeness (QED) is 0.0284. The predicted octanol–water partition coefficient (Wildman–Crippen LogP) is 12.9. The summed E-state index contributed by atoms with van der Waals surface area (Å²) in [4.78, 5) is 36.9. The van der Waals surface area contributed by atoms with Crippen molar-refractivity contribution in [3.63, 3.8) is 0 Å². The smallest absolute Gasteiger partial charge is 0.362 e. The zero-order chi connectivity index (χ0) is 41.4. The van der Waals surface area contributed by atoms with Gasteiger partial charge in [0.2, 0.25) is 0 Å². The second-order valence-corrected chi connectivity index (χ2v) is 17.0. The van der Waals surface area contributed by atoms with Crippen molar-refractivity contribution in [2.75, 3.05) is 41.0 Å². The number of hydrogen-bond acceptors (Lipinski definition) is 6. The molecule has 0 heterocycles. The number of quaternary nitrogens is 1. The number of nitrogens with zero attached hydrogens (tertiary/aromatic N) is 1. The fraction of sp³-hybridized carbons (Fsp3) is 0.854. The number of likely N-dealkylation sites (N-methyl/N-ethyl adjacent to an activating group) is 1. The molecule has 8 heteroatoms. The zero-order valence-corrected chi connectivity index (χ0v) is 37.3. The molecule has 0 spiro atoms. The molecule has 328 valence electrons. The minimum atomic E-state index is -0.877. The Bertz CT molecular complexity index is 973. The van der Waals surface area contributed by atoms with Gasteiger partial charge in [-0.3, -0.25) is 9.59 Å². The summed E-state index contributed by atoms with van der Waals surface area (Å²) in [5.41, 5.74) is 0. The number of carboxylic acid groups (broad SMARTS) is 1. The van der Waals surface area contributed by atoms with E-state index in [-0.39, 0.29) is 36.2 Å². The van der Waals surface area contributed by atoms with Crippen LogP contribution in [0.1, 0.15) is 213 Å². The standard InChI is InChI=1S/C48H89NO7/c1-6-8-10-12-14-16-18-19-20-21-22-23-24-25-26-27-28-29-31-32-34-36-38-46(50)55-43-44(42-54-41-40-45(48(52)53)49(3,4)5)56-47(51)39-37-35-33-30-17-15-13-11-9-7-2/h13,15,24-25,44-45H,6-12,14,16-23,26-43H2,1-5H3/p+1/b15-13+,25-24+. The van der Waals surface area contributed by atoms with Gasteiger partial charge in [-0.15, -0.1) is 0 Å². The topological polar surface area (TPSA) is 99.1 Å². The number of carbonyl (C=O) groups is 3. The number of hydrogen-bond donors (Lipinski definition) is 1. The van der Waals surface area contributed by atoms with E-state index in [0.29, 0.717) is 19.3 Å². The largest absolute Gasteiger partial charge is 0.477 e. The van der Waals surface area contributed by atoms with Crippen molar-refractivity contribution in [1.29, 1.82) is 0 Å². The summed E-state index contributed by atoms with van der Waals surface area (Å²) in [7, 11) is 5.52. The van der Waals surface area contributed by atoms with E-state index in [4.69, 9.17) is 14.2 Å². The molecule has 0 saturated heterocycles. The molecule has 1 N–H and O–H groups in total. The first-order valence-corrected chi connectivity index (χ1v) is 23.4. The van der Waals surface area contributed by atoms with Crippen LogP contribution in [0.4, 0.5) is 0 Å². The summed E-state index contributed by atoms with van der Waals surface area (Å²) in [5, 5.41) is 9.61. The Morgan fingerprint density at radius 3 is 1.34 bits per heavy atom. The normalized spacial score (nSPS) is 13.1. The van der Waals surface area contributed by atoms with E-state index in [1.807, 2.05) is 21.1 Å². The molecule has 0 fully saturated rings. The lowest BCUT2D eigenvalue weighted by molar-refractivity contribution is -0.887. The lowest BCUT2D eigenvalue weighted by Gasteiger charge is -2.31. The average molecular weight is 793 g/mol. The molecule has 0 aliphatic rings. The maximum atomic E-state index is 12.7. The Labute approximate surface area is 345 Å². The second-order valence-electron chi connectivity index (χ2n) is 17.0. The van der Waals surface area contributed by atoms with Crippen LogP contribution in [0.25, 0.3) is 0 Å². The molecule has 0 saturated carbocycles. The van der Waals surface area contributed by atoms with Gasteiger partial charge in [0.25, 0.3) is 0 Å². The van der Waals surface area contributed by atoms with Crippen molar-refractivity contribution in [2.45, 2.75) is 225 Å². The van der Waals surface area contributed by atoms with Crippen molar-refractivity contribution < 1.29 is 38.2 Å². The maximum absolute atomic E-state index is 12.7. The summed E-state index contributed by atoms with van der Waals surface area (Å²) in [6, 6.07) is -0.614. The molecule has 0 aliphatic carbocycles. The third kappa shape index (κ3) is 37.4. The highest BCUT2D eigenvalue weighted by Crippen LogP contribution is 2.15. The molecule has 8 nitrogen and oxygen atoms in total. The molecular weight excluding hydrogens is 703 g/mol.